The lowest BCUT2D eigenvalue weighted by molar-refractivity contribution is 0.543. The lowest BCUT2D eigenvalue weighted by atomic mass is 10.3. The van der Waals surface area contributed by atoms with Crippen molar-refractivity contribution in [2.45, 2.75) is 17.9 Å². The van der Waals surface area contributed by atoms with Crippen LogP contribution in [0.5, 0.6) is 0 Å². The van der Waals surface area contributed by atoms with E-state index in [1.54, 1.807) is 6.07 Å². The first-order chi connectivity index (χ1) is 7.36. The SMILES string of the molecule is CC(C#N)NS(=O)(=O)c1cc(F)ccc1F. The fraction of sp³-hybridized carbons (Fsp3) is 0.222. The molecular weight excluding hydrogens is 238 g/mol. The van der Waals surface area contributed by atoms with E-state index in [0.29, 0.717) is 12.1 Å². The third-order valence-corrected chi connectivity index (χ3v) is 3.26. The third kappa shape index (κ3) is 2.74. The molecule has 0 bridgehead atoms. The van der Waals surface area contributed by atoms with Gasteiger partial charge in [-0.05, 0) is 25.1 Å². The number of halogens is 2. The van der Waals surface area contributed by atoms with E-state index in [0.717, 1.165) is 6.07 Å². The summed E-state index contributed by atoms with van der Waals surface area (Å²) < 4.78 is 50.8. The molecule has 16 heavy (non-hydrogen) atoms. The van der Waals surface area contributed by atoms with Crippen molar-refractivity contribution in [1.82, 2.24) is 4.72 Å². The molecule has 1 aromatic rings. The van der Waals surface area contributed by atoms with Crippen LogP contribution in [-0.4, -0.2) is 14.5 Å². The molecule has 0 radical (unpaired) electrons. The Morgan fingerprint density at radius 2 is 2.06 bits per heavy atom. The van der Waals surface area contributed by atoms with E-state index in [2.05, 4.69) is 0 Å². The molecule has 0 aliphatic rings. The summed E-state index contributed by atoms with van der Waals surface area (Å²) in [6, 6.07) is 2.67. The zero-order valence-corrected chi connectivity index (χ0v) is 9.05. The van der Waals surface area contributed by atoms with Gasteiger partial charge < -0.3 is 0 Å². The number of hydrogen-bond acceptors (Lipinski definition) is 3. The molecule has 0 saturated heterocycles. The number of hydrogen-bond donors (Lipinski definition) is 1. The van der Waals surface area contributed by atoms with Crippen LogP contribution < -0.4 is 4.72 Å². The summed E-state index contributed by atoms with van der Waals surface area (Å²) in [7, 11) is -4.21. The predicted octanol–water partition coefficient (Wildman–Crippen LogP) is 1.16. The van der Waals surface area contributed by atoms with Gasteiger partial charge in [0, 0.05) is 0 Å². The lowest BCUT2D eigenvalue weighted by Gasteiger charge is -2.08. The molecule has 4 nitrogen and oxygen atoms in total. The Hall–Kier alpha value is -1.52. The number of sulfonamides is 1. The molecule has 1 atom stereocenters. The third-order valence-electron chi connectivity index (χ3n) is 1.71. The Balaban J connectivity index is 3.18. The molecule has 0 aliphatic carbocycles. The standard InChI is InChI=1S/C9H8F2N2O2S/c1-6(5-12)13-16(14,15)9-4-7(10)2-3-8(9)11/h2-4,6,13H,1H3. The van der Waals surface area contributed by atoms with Crippen molar-refractivity contribution < 1.29 is 17.2 Å². The quantitative estimate of drug-likeness (QED) is 0.869. The monoisotopic (exact) mass is 246 g/mol. The Bertz CT molecular complexity index is 537. The number of rotatable bonds is 3. The van der Waals surface area contributed by atoms with E-state index in [4.69, 9.17) is 5.26 Å². The smallest absolute Gasteiger partial charge is 0.207 e. The Morgan fingerprint density at radius 3 is 2.62 bits per heavy atom. The van der Waals surface area contributed by atoms with Crippen LogP contribution >= 0.6 is 0 Å². The van der Waals surface area contributed by atoms with Gasteiger partial charge >= 0.3 is 0 Å². The maximum atomic E-state index is 13.2. The van der Waals surface area contributed by atoms with Crippen LogP contribution in [0.2, 0.25) is 0 Å². The summed E-state index contributed by atoms with van der Waals surface area (Å²) in [5, 5.41) is 8.42. The van der Waals surface area contributed by atoms with Gasteiger partial charge in [-0.25, -0.2) is 17.2 Å². The van der Waals surface area contributed by atoms with E-state index in [-0.39, 0.29) is 0 Å². The first kappa shape index (κ1) is 12.5. The molecule has 0 saturated carbocycles. The highest BCUT2D eigenvalue weighted by Gasteiger charge is 2.21. The molecule has 0 aromatic heterocycles. The van der Waals surface area contributed by atoms with E-state index in [9.17, 15) is 17.2 Å². The second-order valence-corrected chi connectivity index (χ2v) is 4.73. The minimum atomic E-state index is -4.21. The highest BCUT2D eigenvalue weighted by molar-refractivity contribution is 7.89. The maximum Gasteiger partial charge on any atom is 0.244 e. The van der Waals surface area contributed by atoms with E-state index >= 15 is 0 Å². The van der Waals surface area contributed by atoms with Crippen molar-refractivity contribution in [3.63, 3.8) is 0 Å². The van der Waals surface area contributed by atoms with Crippen molar-refractivity contribution in [1.29, 1.82) is 5.26 Å². The molecule has 1 rings (SSSR count). The Morgan fingerprint density at radius 1 is 1.44 bits per heavy atom. The van der Waals surface area contributed by atoms with Crippen LogP contribution in [-0.2, 0) is 10.0 Å². The number of nitrogens with zero attached hydrogens (tertiary/aromatic N) is 1. The Kier molecular flexibility index (Phi) is 3.57. The summed E-state index contributed by atoms with van der Waals surface area (Å²) in [4.78, 5) is -0.811. The zero-order chi connectivity index (χ0) is 12.3. The number of nitriles is 1. The zero-order valence-electron chi connectivity index (χ0n) is 8.24. The normalized spacial score (nSPS) is 13.1. The fourth-order valence-corrected chi connectivity index (χ4v) is 2.24. The number of benzene rings is 1. The van der Waals surface area contributed by atoms with Crippen molar-refractivity contribution in [2.24, 2.45) is 0 Å². The van der Waals surface area contributed by atoms with E-state index in [1.165, 1.54) is 6.92 Å². The first-order valence-electron chi connectivity index (χ1n) is 4.24. The molecule has 1 N–H and O–H groups in total. The van der Waals surface area contributed by atoms with Crippen LogP contribution in [0.1, 0.15) is 6.92 Å². The molecule has 0 fully saturated rings. The molecule has 0 heterocycles. The molecule has 0 aliphatic heterocycles. The topological polar surface area (TPSA) is 70.0 Å². The second-order valence-electron chi connectivity index (χ2n) is 3.05. The molecule has 7 heteroatoms. The number of nitrogens with one attached hydrogen (secondary N) is 1. The van der Waals surface area contributed by atoms with Crippen molar-refractivity contribution >= 4 is 10.0 Å². The predicted molar refractivity (Wildman–Crippen MR) is 51.8 cm³/mol. The van der Waals surface area contributed by atoms with Gasteiger partial charge in [0.2, 0.25) is 10.0 Å². The highest BCUT2D eigenvalue weighted by Crippen LogP contribution is 2.15. The van der Waals surface area contributed by atoms with Gasteiger partial charge in [0.25, 0.3) is 0 Å². The van der Waals surface area contributed by atoms with E-state index < -0.39 is 32.6 Å². The Labute approximate surface area is 91.6 Å². The minimum absolute atomic E-state index is 0.557. The average molecular weight is 246 g/mol. The van der Waals surface area contributed by atoms with Gasteiger partial charge in [-0.1, -0.05) is 0 Å². The van der Waals surface area contributed by atoms with Crippen LogP contribution in [0.3, 0.4) is 0 Å². The summed E-state index contributed by atoms with van der Waals surface area (Å²) in [6.45, 7) is 1.29. The van der Waals surface area contributed by atoms with Crippen LogP contribution in [0.25, 0.3) is 0 Å². The maximum absolute atomic E-state index is 13.2. The van der Waals surface area contributed by atoms with Gasteiger partial charge in [-0.15, -0.1) is 0 Å². The summed E-state index contributed by atoms with van der Waals surface area (Å²) in [5.41, 5.74) is 0. The summed E-state index contributed by atoms with van der Waals surface area (Å²) in [5.74, 6) is -1.94. The van der Waals surface area contributed by atoms with Gasteiger partial charge in [0.15, 0.2) is 0 Å². The van der Waals surface area contributed by atoms with Gasteiger partial charge in [-0.2, -0.15) is 9.98 Å². The van der Waals surface area contributed by atoms with Gasteiger partial charge in [0.1, 0.15) is 22.6 Å². The lowest BCUT2D eigenvalue weighted by Crippen LogP contribution is -2.32. The molecule has 86 valence electrons. The molecule has 0 amide bonds. The van der Waals surface area contributed by atoms with Crippen molar-refractivity contribution in [3.05, 3.63) is 29.8 Å². The van der Waals surface area contributed by atoms with Crippen LogP contribution in [0.15, 0.2) is 23.1 Å². The summed E-state index contributed by atoms with van der Waals surface area (Å²) in [6.07, 6.45) is 0. The fourth-order valence-electron chi connectivity index (χ4n) is 1.01. The van der Waals surface area contributed by atoms with Gasteiger partial charge in [-0.3, -0.25) is 0 Å². The van der Waals surface area contributed by atoms with Crippen LogP contribution in [0.4, 0.5) is 8.78 Å². The minimum Gasteiger partial charge on any atom is -0.207 e. The summed E-state index contributed by atoms with van der Waals surface area (Å²) >= 11 is 0. The van der Waals surface area contributed by atoms with E-state index in [1.807, 2.05) is 4.72 Å². The van der Waals surface area contributed by atoms with Crippen LogP contribution in [0, 0.1) is 23.0 Å². The highest BCUT2D eigenvalue weighted by atomic mass is 32.2. The molecule has 1 unspecified atom stereocenters. The first-order valence-corrected chi connectivity index (χ1v) is 5.72. The molecular formula is C9H8F2N2O2S. The largest absolute Gasteiger partial charge is 0.244 e. The second kappa shape index (κ2) is 4.55. The van der Waals surface area contributed by atoms with Crippen molar-refractivity contribution in [2.75, 3.05) is 0 Å². The van der Waals surface area contributed by atoms with Gasteiger partial charge in [0.05, 0.1) is 6.07 Å². The average Bonchev–Trinajstić information content (AvgIpc) is 2.20. The molecule has 0 spiro atoms. The molecule has 1 aromatic carbocycles. The van der Waals surface area contributed by atoms with Crippen molar-refractivity contribution in [3.8, 4) is 6.07 Å².